The summed E-state index contributed by atoms with van der Waals surface area (Å²) in [7, 11) is 0. The molecule has 2 aromatic rings. The van der Waals surface area contributed by atoms with Gasteiger partial charge >= 0.3 is 0 Å². The average molecular weight is 541 g/mol. The maximum atomic E-state index is 3.78. The SMILES string of the molecule is CC.CC.CC.CC.[CH2-]CC.[CH2-]CC.[Y].[Y].c1ccccc1.c1ccncc1. The molecule has 0 N–H and O–H groups in total. The van der Waals surface area contributed by atoms with Gasteiger partial charge in [-0.05, 0) is 12.1 Å². The third kappa shape index (κ3) is 110. The van der Waals surface area contributed by atoms with Gasteiger partial charge in [0, 0.05) is 77.8 Å². The molecular formula is C25H49NY2-2. The van der Waals surface area contributed by atoms with Crippen LogP contribution in [0.2, 0.25) is 0 Å². The molecule has 0 saturated heterocycles. The summed E-state index contributed by atoms with van der Waals surface area (Å²) in [5.74, 6) is 0. The van der Waals surface area contributed by atoms with E-state index in [9.17, 15) is 0 Å². The van der Waals surface area contributed by atoms with Crippen LogP contribution < -0.4 is 0 Å². The van der Waals surface area contributed by atoms with E-state index in [0.29, 0.717) is 0 Å². The Labute approximate surface area is 231 Å². The standard InChI is InChI=1S/C6H6.C5H5N.2C3H7.4C2H6.2Y/c2*1-2-4-6-5-3-1;2*1-3-2;4*1-2;;/h1-6H;1-5H;2*1,3H2,2H3;4*1-2H3;;/q;;2*-1;;;;;;. The third-order valence-electron chi connectivity index (χ3n) is 1.23. The van der Waals surface area contributed by atoms with Crippen LogP contribution in [-0.4, -0.2) is 4.98 Å². The fourth-order valence-corrected chi connectivity index (χ4v) is 0.698. The smallest absolute Gasteiger partial charge is 0.0267 e. The van der Waals surface area contributed by atoms with E-state index >= 15 is 0 Å². The first kappa shape index (κ1) is 51.3. The summed E-state index contributed by atoms with van der Waals surface area (Å²) in [6.07, 6.45) is 5.50. The van der Waals surface area contributed by atoms with Gasteiger partial charge in [-0.2, -0.15) is 12.8 Å². The van der Waals surface area contributed by atoms with Crippen LogP contribution in [0.3, 0.4) is 0 Å². The molecule has 1 nitrogen and oxygen atoms in total. The molecule has 0 aliphatic heterocycles. The van der Waals surface area contributed by atoms with E-state index < -0.39 is 0 Å². The van der Waals surface area contributed by atoms with Crippen molar-refractivity contribution < 1.29 is 65.4 Å². The molecule has 0 unspecified atom stereocenters. The van der Waals surface area contributed by atoms with Gasteiger partial charge in [-0.15, -0.1) is 0 Å². The van der Waals surface area contributed by atoms with Gasteiger partial charge in [0.1, 0.15) is 0 Å². The second-order valence-corrected chi connectivity index (χ2v) is 3.18. The molecule has 3 heteroatoms. The van der Waals surface area contributed by atoms with Gasteiger partial charge in [0.05, 0.1) is 0 Å². The average Bonchev–Trinajstić information content (AvgIpc) is 2.78. The zero-order valence-corrected chi connectivity index (χ0v) is 26.5. The van der Waals surface area contributed by atoms with Gasteiger partial charge in [0.15, 0.2) is 0 Å². The Hall–Kier alpha value is 0.578. The normalized spacial score (nSPS) is 5.57. The number of hydrogen-bond acceptors (Lipinski definition) is 1. The van der Waals surface area contributed by atoms with E-state index in [2.05, 4.69) is 18.8 Å². The Balaban J connectivity index is -0.0000000286. The number of rotatable bonds is 0. The maximum Gasteiger partial charge on any atom is 0.0267 e. The Morgan fingerprint density at radius 3 is 0.679 bits per heavy atom. The van der Waals surface area contributed by atoms with Crippen LogP contribution in [0.4, 0.5) is 0 Å². The maximum absolute atomic E-state index is 3.78. The van der Waals surface area contributed by atoms with Crippen molar-refractivity contribution >= 4 is 0 Å². The number of pyridine rings is 1. The summed E-state index contributed by atoms with van der Waals surface area (Å²) in [6, 6.07) is 17.7. The van der Waals surface area contributed by atoms with Crippen molar-refractivity contribution in [1.82, 2.24) is 4.98 Å². The zero-order chi connectivity index (χ0) is 21.9. The van der Waals surface area contributed by atoms with Crippen LogP contribution in [0.15, 0.2) is 67.0 Å². The molecule has 1 aromatic heterocycles. The first-order chi connectivity index (χ1) is 12.8. The molecule has 1 heterocycles. The molecule has 0 saturated carbocycles. The summed E-state index contributed by atoms with van der Waals surface area (Å²) in [5.41, 5.74) is 0. The quantitative estimate of drug-likeness (QED) is 0.303. The van der Waals surface area contributed by atoms with E-state index in [0.717, 1.165) is 12.8 Å². The molecule has 28 heavy (non-hydrogen) atoms. The van der Waals surface area contributed by atoms with Crippen molar-refractivity contribution in [2.75, 3.05) is 0 Å². The van der Waals surface area contributed by atoms with Gasteiger partial charge in [-0.3, -0.25) is 4.98 Å². The van der Waals surface area contributed by atoms with Gasteiger partial charge in [-0.1, -0.05) is 112 Å². The molecule has 0 aliphatic rings. The van der Waals surface area contributed by atoms with Gasteiger partial charge in [-0.25, -0.2) is 0 Å². The molecular weight excluding hydrogens is 492 g/mol. The van der Waals surface area contributed by atoms with Crippen molar-refractivity contribution in [2.24, 2.45) is 0 Å². The van der Waals surface area contributed by atoms with Crippen LogP contribution in [0.1, 0.15) is 82.1 Å². The first-order valence-corrected chi connectivity index (χ1v) is 10.3. The monoisotopic (exact) mass is 541 g/mol. The summed E-state index contributed by atoms with van der Waals surface area (Å²) < 4.78 is 0. The molecule has 0 bridgehead atoms. The summed E-state index contributed by atoms with van der Waals surface area (Å²) in [6.45, 7) is 27.0. The molecule has 0 fully saturated rings. The fraction of sp³-hybridized carbons (Fsp3) is 0.480. The Morgan fingerprint density at radius 1 is 0.464 bits per heavy atom. The Kier molecular flexibility index (Phi) is 168. The summed E-state index contributed by atoms with van der Waals surface area (Å²) in [4.78, 5) is 3.78. The molecule has 0 amide bonds. The van der Waals surface area contributed by atoms with Crippen LogP contribution in [-0.2, 0) is 65.4 Å². The summed E-state index contributed by atoms with van der Waals surface area (Å²) in [5, 5.41) is 0. The first-order valence-electron chi connectivity index (χ1n) is 10.3. The fourth-order valence-electron chi connectivity index (χ4n) is 0.698. The number of benzene rings is 1. The zero-order valence-electron chi connectivity index (χ0n) is 20.8. The summed E-state index contributed by atoms with van der Waals surface area (Å²) >= 11 is 0. The topological polar surface area (TPSA) is 12.9 Å². The van der Waals surface area contributed by atoms with Crippen LogP contribution in [0.25, 0.3) is 0 Å². The predicted molar refractivity (Wildman–Crippen MR) is 127 cm³/mol. The molecule has 0 aliphatic carbocycles. The van der Waals surface area contributed by atoms with Crippen molar-refractivity contribution in [3.63, 3.8) is 0 Å². The van der Waals surface area contributed by atoms with Gasteiger partial charge in [0.25, 0.3) is 0 Å². The van der Waals surface area contributed by atoms with E-state index in [1.165, 1.54) is 0 Å². The second kappa shape index (κ2) is 91.7. The van der Waals surface area contributed by atoms with Crippen molar-refractivity contribution in [3.05, 3.63) is 80.8 Å². The van der Waals surface area contributed by atoms with E-state index in [-0.39, 0.29) is 65.4 Å². The van der Waals surface area contributed by atoms with E-state index in [1.807, 2.05) is 124 Å². The number of aromatic nitrogens is 1. The largest absolute Gasteiger partial charge is 0.344 e. The van der Waals surface area contributed by atoms with Crippen molar-refractivity contribution in [3.8, 4) is 0 Å². The Bertz CT molecular complexity index is 216. The van der Waals surface area contributed by atoms with Crippen LogP contribution >= 0.6 is 0 Å². The van der Waals surface area contributed by atoms with Crippen LogP contribution in [0.5, 0.6) is 0 Å². The Morgan fingerprint density at radius 2 is 0.607 bits per heavy atom. The second-order valence-electron chi connectivity index (χ2n) is 3.18. The molecule has 0 spiro atoms. The molecule has 162 valence electrons. The minimum atomic E-state index is 0. The minimum absolute atomic E-state index is 0. The molecule has 0 atom stereocenters. The third-order valence-corrected chi connectivity index (χ3v) is 1.23. The molecule has 1 aromatic carbocycles. The predicted octanol–water partition coefficient (Wildman–Crippen LogP) is 9.33. The van der Waals surface area contributed by atoms with Crippen LogP contribution in [0, 0.1) is 13.8 Å². The van der Waals surface area contributed by atoms with Crippen molar-refractivity contribution in [1.29, 1.82) is 0 Å². The van der Waals surface area contributed by atoms with Gasteiger partial charge in [0.2, 0.25) is 0 Å². The number of hydrogen-bond donors (Lipinski definition) is 0. The van der Waals surface area contributed by atoms with E-state index in [1.54, 1.807) is 12.4 Å². The van der Waals surface area contributed by atoms with Gasteiger partial charge < -0.3 is 13.8 Å². The van der Waals surface area contributed by atoms with E-state index in [4.69, 9.17) is 0 Å². The number of nitrogens with zero attached hydrogens (tertiary/aromatic N) is 1. The molecule has 2 radical (unpaired) electrons. The minimum Gasteiger partial charge on any atom is -0.344 e. The molecule has 2 rings (SSSR count). The van der Waals surface area contributed by atoms with Crippen molar-refractivity contribution in [2.45, 2.75) is 82.1 Å².